The van der Waals surface area contributed by atoms with Crippen LogP contribution in [0.1, 0.15) is 25.5 Å². The Bertz CT molecular complexity index is 420. The van der Waals surface area contributed by atoms with Crippen molar-refractivity contribution in [2.45, 2.75) is 25.9 Å². The molecule has 0 aliphatic heterocycles. The van der Waals surface area contributed by atoms with Crippen molar-refractivity contribution in [3.63, 3.8) is 0 Å². The highest BCUT2D eigenvalue weighted by atomic mass is 16.2. The fourth-order valence-electron chi connectivity index (χ4n) is 1.54. The Kier molecular flexibility index (Phi) is 4.85. The Morgan fingerprint density at radius 1 is 1.17 bits per heavy atom. The number of nitrogens with two attached hydrogens (primary N) is 2. The summed E-state index contributed by atoms with van der Waals surface area (Å²) in [5.41, 5.74) is 12.0. The topological polar surface area (TPSA) is 98.2 Å². The Morgan fingerprint density at radius 2 is 1.72 bits per heavy atom. The van der Waals surface area contributed by atoms with Gasteiger partial charge in [0.05, 0.1) is 5.92 Å². The van der Waals surface area contributed by atoms with E-state index in [-0.39, 0.29) is 5.91 Å². The van der Waals surface area contributed by atoms with Gasteiger partial charge in [0.15, 0.2) is 0 Å². The summed E-state index contributed by atoms with van der Waals surface area (Å²) in [7, 11) is 0. The van der Waals surface area contributed by atoms with Crippen molar-refractivity contribution in [1.82, 2.24) is 5.32 Å². The SMILES string of the molecule is CC(NC(=O)C(C)C(N)c1ccccc1)C(N)=O. The third-order valence-electron chi connectivity index (χ3n) is 2.92. The quantitative estimate of drug-likeness (QED) is 0.700. The van der Waals surface area contributed by atoms with Gasteiger partial charge in [-0.25, -0.2) is 0 Å². The van der Waals surface area contributed by atoms with Gasteiger partial charge in [-0.2, -0.15) is 0 Å². The smallest absolute Gasteiger partial charge is 0.239 e. The molecular weight excluding hydrogens is 230 g/mol. The van der Waals surface area contributed by atoms with E-state index in [0.29, 0.717) is 0 Å². The van der Waals surface area contributed by atoms with E-state index in [2.05, 4.69) is 5.32 Å². The number of carbonyl (C=O) groups excluding carboxylic acids is 2. The lowest BCUT2D eigenvalue weighted by molar-refractivity contribution is -0.129. The summed E-state index contributed by atoms with van der Waals surface area (Å²) in [5.74, 6) is -1.28. The molecule has 5 N–H and O–H groups in total. The van der Waals surface area contributed by atoms with E-state index in [1.165, 1.54) is 0 Å². The molecule has 0 aliphatic carbocycles. The predicted octanol–water partition coefficient (Wildman–Crippen LogP) is 0.312. The lowest BCUT2D eigenvalue weighted by atomic mass is 9.94. The molecule has 5 heteroatoms. The highest BCUT2D eigenvalue weighted by Gasteiger charge is 2.24. The van der Waals surface area contributed by atoms with Crippen LogP contribution in [0.2, 0.25) is 0 Å². The summed E-state index contributed by atoms with van der Waals surface area (Å²) in [4.78, 5) is 22.7. The summed E-state index contributed by atoms with van der Waals surface area (Å²) in [6.07, 6.45) is 0. The zero-order chi connectivity index (χ0) is 13.7. The maximum absolute atomic E-state index is 11.9. The molecule has 1 aromatic carbocycles. The minimum atomic E-state index is -0.692. The van der Waals surface area contributed by atoms with Gasteiger partial charge in [-0.3, -0.25) is 9.59 Å². The van der Waals surface area contributed by atoms with E-state index in [9.17, 15) is 9.59 Å². The molecule has 0 bridgehead atoms. The number of amides is 2. The van der Waals surface area contributed by atoms with Gasteiger partial charge in [0.1, 0.15) is 6.04 Å². The fourth-order valence-corrected chi connectivity index (χ4v) is 1.54. The zero-order valence-electron chi connectivity index (χ0n) is 10.6. The van der Waals surface area contributed by atoms with Crippen molar-refractivity contribution >= 4 is 11.8 Å². The van der Waals surface area contributed by atoms with Crippen LogP contribution in [0.25, 0.3) is 0 Å². The van der Waals surface area contributed by atoms with Gasteiger partial charge >= 0.3 is 0 Å². The average Bonchev–Trinajstić information content (AvgIpc) is 2.37. The van der Waals surface area contributed by atoms with E-state index in [0.717, 1.165) is 5.56 Å². The number of carbonyl (C=O) groups is 2. The highest BCUT2D eigenvalue weighted by Crippen LogP contribution is 2.19. The molecule has 0 saturated heterocycles. The van der Waals surface area contributed by atoms with Gasteiger partial charge in [0, 0.05) is 6.04 Å². The number of hydrogen-bond acceptors (Lipinski definition) is 3. The van der Waals surface area contributed by atoms with Crippen molar-refractivity contribution in [2.24, 2.45) is 17.4 Å². The van der Waals surface area contributed by atoms with Gasteiger partial charge in [-0.15, -0.1) is 0 Å². The van der Waals surface area contributed by atoms with Crippen LogP contribution >= 0.6 is 0 Å². The van der Waals surface area contributed by atoms with E-state index >= 15 is 0 Å². The van der Waals surface area contributed by atoms with Crippen LogP contribution in [-0.2, 0) is 9.59 Å². The van der Waals surface area contributed by atoms with Crippen molar-refractivity contribution < 1.29 is 9.59 Å². The second kappa shape index (κ2) is 6.16. The summed E-state index contributed by atoms with van der Waals surface area (Å²) in [6.45, 7) is 3.27. The van der Waals surface area contributed by atoms with Crippen molar-refractivity contribution in [1.29, 1.82) is 0 Å². The van der Waals surface area contributed by atoms with Crippen LogP contribution in [-0.4, -0.2) is 17.9 Å². The minimum Gasteiger partial charge on any atom is -0.368 e. The molecule has 0 saturated carbocycles. The first-order valence-electron chi connectivity index (χ1n) is 5.83. The lowest BCUT2D eigenvalue weighted by Crippen LogP contribution is -2.46. The molecule has 2 amide bonds. The molecule has 0 aromatic heterocycles. The van der Waals surface area contributed by atoms with Gasteiger partial charge in [0.25, 0.3) is 0 Å². The first-order chi connectivity index (χ1) is 8.43. The lowest BCUT2D eigenvalue weighted by Gasteiger charge is -2.21. The zero-order valence-corrected chi connectivity index (χ0v) is 10.6. The largest absolute Gasteiger partial charge is 0.368 e. The molecule has 3 unspecified atom stereocenters. The van der Waals surface area contributed by atoms with Crippen LogP contribution in [0.5, 0.6) is 0 Å². The third kappa shape index (κ3) is 3.56. The summed E-state index contributed by atoms with van der Waals surface area (Å²) in [5, 5.41) is 2.54. The number of nitrogens with one attached hydrogen (secondary N) is 1. The van der Waals surface area contributed by atoms with Gasteiger partial charge in [-0.1, -0.05) is 37.3 Å². The average molecular weight is 249 g/mol. The van der Waals surface area contributed by atoms with Crippen molar-refractivity contribution in [3.05, 3.63) is 35.9 Å². The number of benzene rings is 1. The van der Waals surface area contributed by atoms with E-state index in [1.54, 1.807) is 13.8 Å². The molecule has 0 heterocycles. The molecule has 1 rings (SSSR count). The monoisotopic (exact) mass is 249 g/mol. The third-order valence-corrected chi connectivity index (χ3v) is 2.92. The van der Waals surface area contributed by atoms with Crippen LogP contribution in [0.4, 0.5) is 0 Å². The first-order valence-corrected chi connectivity index (χ1v) is 5.83. The van der Waals surface area contributed by atoms with Crippen LogP contribution < -0.4 is 16.8 Å². The van der Waals surface area contributed by atoms with Gasteiger partial charge in [-0.05, 0) is 12.5 Å². The Morgan fingerprint density at radius 3 is 2.22 bits per heavy atom. The van der Waals surface area contributed by atoms with Crippen molar-refractivity contribution in [2.75, 3.05) is 0 Å². The second-order valence-electron chi connectivity index (χ2n) is 4.36. The molecule has 3 atom stereocenters. The summed E-state index contributed by atoms with van der Waals surface area (Å²) >= 11 is 0. The van der Waals surface area contributed by atoms with E-state index in [1.807, 2.05) is 30.3 Å². The maximum atomic E-state index is 11.9. The number of hydrogen-bond donors (Lipinski definition) is 3. The Labute approximate surface area is 107 Å². The first kappa shape index (κ1) is 14.2. The van der Waals surface area contributed by atoms with Crippen molar-refractivity contribution in [3.8, 4) is 0 Å². The molecular formula is C13H19N3O2. The maximum Gasteiger partial charge on any atom is 0.239 e. The molecule has 1 aromatic rings. The van der Waals surface area contributed by atoms with Crippen LogP contribution in [0.3, 0.4) is 0 Å². The Hall–Kier alpha value is -1.88. The highest BCUT2D eigenvalue weighted by molar-refractivity contribution is 5.87. The van der Waals surface area contributed by atoms with Crippen LogP contribution in [0.15, 0.2) is 30.3 Å². The van der Waals surface area contributed by atoms with E-state index < -0.39 is 23.9 Å². The summed E-state index contributed by atoms with van der Waals surface area (Å²) in [6, 6.07) is 8.25. The normalized spacial score (nSPS) is 15.5. The number of primary amides is 1. The predicted molar refractivity (Wildman–Crippen MR) is 69.3 cm³/mol. The number of rotatable bonds is 5. The standard InChI is InChI=1S/C13H19N3O2/c1-8(13(18)16-9(2)12(15)17)11(14)10-6-4-3-5-7-10/h3-9,11H,14H2,1-2H3,(H2,15,17)(H,16,18). The second-order valence-corrected chi connectivity index (χ2v) is 4.36. The van der Waals surface area contributed by atoms with Gasteiger partial charge in [0.2, 0.25) is 11.8 Å². The molecule has 0 fully saturated rings. The molecule has 98 valence electrons. The van der Waals surface area contributed by atoms with Crippen LogP contribution in [0, 0.1) is 5.92 Å². The molecule has 5 nitrogen and oxygen atoms in total. The fraction of sp³-hybridized carbons (Fsp3) is 0.385. The van der Waals surface area contributed by atoms with Gasteiger partial charge < -0.3 is 16.8 Å². The molecule has 0 aliphatic rings. The van der Waals surface area contributed by atoms with E-state index in [4.69, 9.17) is 11.5 Å². The minimum absolute atomic E-state index is 0.280. The summed E-state index contributed by atoms with van der Waals surface area (Å²) < 4.78 is 0. The Balaban J connectivity index is 2.67. The molecule has 0 radical (unpaired) electrons. The molecule has 0 spiro atoms. The molecule has 18 heavy (non-hydrogen) atoms.